The molecule has 0 fully saturated rings. The van der Waals surface area contributed by atoms with Gasteiger partial charge in [-0.15, -0.1) is 12.4 Å². The lowest BCUT2D eigenvalue weighted by Crippen LogP contribution is -2.39. The molecule has 4 aromatic rings. The lowest BCUT2D eigenvalue weighted by molar-refractivity contribution is -0.119. The van der Waals surface area contributed by atoms with Gasteiger partial charge in [-0.1, -0.05) is 23.5 Å². The minimum Gasteiger partial charge on any atom is -0.497 e. The largest absolute Gasteiger partial charge is 0.497 e. The van der Waals surface area contributed by atoms with Crippen molar-refractivity contribution < 1.29 is 13.9 Å². The van der Waals surface area contributed by atoms with E-state index in [0.29, 0.717) is 29.3 Å². The number of thiazole rings is 1. The van der Waals surface area contributed by atoms with Crippen LogP contribution in [-0.4, -0.2) is 54.7 Å². The van der Waals surface area contributed by atoms with Gasteiger partial charge in [-0.2, -0.15) is 0 Å². The Balaban J connectivity index is 0.00000272. The summed E-state index contributed by atoms with van der Waals surface area (Å²) in [6.07, 6.45) is 0. The third kappa shape index (κ3) is 4.73. The predicted molar refractivity (Wildman–Crippen MR) is 125 cm³/mol. The fraction of sp³-hybridized carbons (Fsp3) is 0.286. The van der Waals surface area contributed by atoms with Crippen molar-refractivity contribution in [2.24, 2.45) is 0 Å². The van der Waals surface area contributed by atoms with Gasteiger partial charge in [0, 0.05) is 13.1 Å². The van der Waals surface area contributed by atoms with Gasteiger partial charge in [0.05, 0.1) is 22.8 Å². The molecule has 0 saturated carbocycles. The number of fused-ring (bicyclic) bond motifs is 2. The zero-order chi connectivity index (χ0) is 21.3. The first-order valence-electron chi connectivity index (χ1n) is 9.44. The summed E-state index contributed by atoms with van der Waals surface area (Å²) in [4.78, 5) is 33.8. The molecule has 0 unspecified atom stereocenters. The summed E-state index contributed by atoms with van der Waals surface area (Å²) in [5, 5.41) is 0.589. The molecule has 0 N–H and O–H groups in total. The van der Waals surface area contributed by atoms with Gasteiger partial charge >= 0.3 is 5.76 Å². The molecule has 2 heterocycles. The minimum absolute atomic E-state index is 0. The number of anilines is 1. The zero-order valence-electron chi connectivity index (χ0n) is 17.4. The fourth-order valence-electron chi connectivity index (χ4n) is 3.15. The number of ether oxygens (including phenoxy) is 1. The average molecular weight is 463 g/mol. The van der Waals surface area contributed by atoms with Gasteiger partial charge in [-0.25, -0.2) is 9.78 Å². The number of oxazole rings is 1. The number of nitrogens with zero attached hydrogens (tertiary/aromatic N) is 4. The summed E-state index contributed by atoms with van der Waals surface area (Å²) in [6.45, 7) is 0.988. The molecule has 4 rings (SSSR count). The Bertz CT molecular complexity index is 1260. The molecule has 0 radical (unpaired) electrons. The van der Waals surface area contributed by atoms with Crippen molar-refractivity contribution in [3.05, 3.63) is 53.0 Å². The third-order valence-electron chi connectivity index (χ3n) is 4.75. The molecular weight excluding hydrogens is 440 g/mol. The number of para-hydroxylation sites is 2. The number of methoxy groups -OCH3 is 1. The van der Waals surface area contributed by atoms with Gasteiger partial charge < -0.3 is 14.1 Å². The van der Waals surface area contributed by atoms with Crippen molar-refractivity contribution in [1.29, 1.82) is 0 Å². The van der Waals surface area contributed by atoms with Crippen LogP contribution in [0.25, 0.3) is 21.3 Å². The van der Waals surface area contributed by atoms with Gasteiger partial charge in [0.1, 0.15) is 12.3 Å². The Morgan fingerprint density at radius 2 is 1.97 bits per heavy atom. The Hall–Kier alpha value is -2.88. The fourth-order valence-corrected chi connectivity index (χ4v) is 4.18. The van der Waals surface area contributed by atoms with Gasteiger partial charge in [-0.05, 0) is 44.4 Å². The van der Waals surface area contributed by atoms with Crippen LogP contribution in [0, 0.1) is 0 Å². The van der Waals surface area contributed by atoms with E-state index in [4.69, 9.17) is 9.15 Å². The van der Waals surface area contributed by atoms with E-state index in [2.05, 4.69) is 4.98 Å². The van der Waals surface area contributed by atoms with Crippen LogP contribution in [0.5, 0.6) is 5.75 Å². The van der Waals surface area contributed by atoms with E-state index < -0.39 is 5.76 Å². The number of hydrogen-bond donors (Lipinski definition) is 0. The first-order chi connectivity index (χ1) is 14.5. The number of hydrogen-bond acceptors (Lipinski definition) is 7. The van der Waals surface area contributed by atoms with Crippen LogP contribution in [0.3, 0.4) is 0 Å². The molecule has 0 aliphatic rings. The Morgan fingerprint density at radius 3 is 2.71 bits per heavy atom. The van der Waals surface area contributed by atoms with Gasteiger partial charge in [0.15, 0.2) is 10.7 Å². The van der Waals surface area contributed by atoms with E-state index >= 15 is 0 Å². The van der Waals surface area contributed by atoms with Crippen LogP contribution in [0.2, 0.25) is 0 Å². The topological polar surface area (TPSA) is 80.8 Å². The molecule has 0 saturated heterocycles. The van der Waals surface area contributed by atoms with Crippen LogP contribution in [0.1, 0.15) is 0 Å². The number of amides is 1. The SMILES string of the molecule is COc1ccc2nc(N(CCN(C)C)C(=O)Cn3c(=O)oc4ccccc43)sc2c1.Cl. The Labute approximate surface area is 189 Å². The number of benzene rings is 2. The zero-order valence-corrected chi connectivity index (χ0v) is 19.0. The molecule has 0 atom stereocenters. The molecule has 31 heavy (non-hydrogen) atoms. The summed E-state index contributed by atoms with van der Waals surface area (Å²) < 4.78 is 12.8. The van der Waals surface area contributed by atoms with E-state index in [9.17, 15) is 9.59 Å². The van der Waals surface area contributed by atoms with Crippen LogP contribution in [-0.2, 0) is 11.3 Å². The maximum absolute atomic E-state index is 13.3. The molecule has 1 amide bonds. The first-order valence-corrected chi connectivity index (χ1v) is 10.3. The Kier molecular flexibility index (Phi) is 6.99. The van der Waals surface area contributed by atoms with Crippen molar-refractivity contribution in [2.75, 3.05) is 39.2 Å². The second-order valence-electron chi connectivity index (χ2n) is 7.10. The van der Waals surface area contributed by atoms with Crippen LogP contribution < -0.4 is 15.4 Å². The van der Waals surface area contributed by atoms with Crippen molar-refractivity contribution in [2.45, 2.75) is 6.54 Å². The summed E-state index contributed by atoms with van der Waals surface area (Å²) in [5.41, 5.74) is 1.85. The van der Waals surface area contributed by atoms with Crippen LogP contribution in [0.4, 0.5) is 5.13 Å². The molecule has 2 aromatic heterocycles. The van der Waals surface area contributed by atoms with Crippen molar-refractivity contribution >= 4 is 56.1 Å². The molecule has 0 aliphatic heterocycles. The smallest absolute Gasteiger partial charge is 0.420 e. The second-order valence-corrected chi connectivity index (χ2v) is 8.11. The number of carbonyl (C=O) groups excluding carboxylic acids is 1. The number of aromatic nitrogens is 2. The molecule has 2 aromatic carbocycles. The van der Waals surface area contributed by atoms with Crippen molar-refractivity contribution in [3.63, 3.8) is 0 Å². The highest BCUT2D eigenvalue weighted by Crippen LogP contribution is 2.31. The summed E-state index contributed by atoms with van der Waals surface area (Å²) in [7, 11) is 5.50. The van der Waals surface area contributed by atoms with Crippen molar-refractivity contribution in [1.82, 2.24) is 14.5 Å². The van der Waals surface area contributed by atoms with Crippen molar-refractivity contribution in [3.8, 4) is 5.75 Å². The maximum Gasteiger partial charge on any atom is 0.420 e. The van der Waals surface area contributed by atoms with Gasteiger partial charge in [0.2, 0.25) is 5.91 Å². The number of halogens is 1. The minimum atomic E-state index is -0.550. The van der Waals surface area contributed by atoms with Gasteiger partial charge in [0.25, 0.3) is 0 Å². The standard InChI is InChI=1S/C21H22N4O4S.ClH/c1-23(2)10-11-24(20-22-15-9-8-14(28-3)12-18(15)30-20)19(26)13-25-16-6-4-5-7-17(16)29-21(25)27;/h4-9,12H,10-11,13H2,1-3H3;1H. The Morgan fingerprint density at radius 1 is 1.19 bits per heavy atom. The van der Waals surface area contributed by atoms with Crippen LogP contribution in [0.15, 0.2) is 51.7 Å². The molecule has 0 aliphatic carbocycles. The van der Waals surface area contributed by atoms with E-state index in [1.807, 2.05) is 43.3 Å². The maximum atomic E-state index is 13.3. The van der Waals surface area contributed by atoms with Crippen LogP contribution >= 0.6 is 23.7 Å². The number of carbonyl (C=O) groups is 1. The predicted octanol–water partition coefficient (Wildman–Crippen LogP) is 3.23. The highest BCUT2D eigenvalue weighted by molar-refractivity contribution is 7.22. The third-order valence-corrected chi connectivity index (χ3v) is 5.80. The highest BCUT2D eigenvalue weighted by atomic mass is 35.5. The molecule has 8 nitrogen and oxygen atoms in total. The van der Waals surface area contributed by atoms with E-state index in [0.717, 1.165) is 16.0 Å². The van der Waals surface area contributed by atoms with E-state index in [1.54, 1.807) is 30.2 Å². The molecular formula is C21H23ClN4O4S. The summed E-state index contributed by atoms with van der Waals surface area (Å²) >= 11 is 1.42. The summed E-state index contributed by atoms with van der Waals surface area (Å²) in [6, 6.07) is 12.7. The summed E-state index contributed by atoms with van der Waals surface area (Å²) in [5.74, 6) is -0.0389. The lowest BCUT2D eigenvalue weighted by Gasteiger charge is -2.22. The average Bonchev–Trinajstić information content (AvgIpc) is 3.28. The molecule has 0 bridgehead atoms. The van der Waals surface area contributed by atoms with Gasteiger partial charge in [-0.3, -0.25) is 14.3 Å². The number of rotatable bonds is 7. The molecule has 10 heteroatoms. The van der Waals surface area contributed by atoms with E-state index in [-0.39, 0.29) is 24.9 Å². The normalized spacial score (nSPS) is 11.1. The first kappa shape index (κ1) is 22.8. The molecule has 164 valence electrons. The molecule has 0 spiro atoms. The van der Waals surface area contributed by atoms with E-state index in [1.165, 1.54) is 15.9 Å². The monoisotopic (exact) mass is 462 g/mol. The lowest BCUT2D eigenvalue weighted by atomic mass is 10.3. The number of likely N-dealkylation sites (N-methyl/N-ethyl adjacent to an activating group) is 1. The quantitative estimate of drug-likeness (QED) is 0.419. The second kappa shape index (κ2) is 9.51. The highest BCUT2D eigenvalue weighted by Gasteiger charge is 2.22.